The average Bonchev–Trinajstić information content (AvgIpc) is 2.83. The molecule has 0 spiro atoms. The number of phenols is 1. The molecule has 0 unspecified atom stereocenters. The second-order valence-electron chi connectivity index (χ2n) is 4.12. The number of furan rings is 1. The normalized spacial score (nSPS) is 10.8. The Morgan fingerprint density at radius 3 is 2.68 bits per heavy atom. The van der Waals surface area contributed by atoms with Gasteiger partial charge < -0.3 is 9.52 Å². The molecule has 19 heavy (non-hydrogen) atoms. The van der Waals surface area contributed by atoms with Crippen molar-refractivity contribution in [2.45, 2.75) is 0 Å². The van der Waals surface area contributed by atoms with Gasteiger partial charge in [0.1, 0.15) is 22.9 Å². The molecule has 1 aromatic heterocycles. The summed E-state index contributed by atoms with van der Waals surface area (Å²) in [5.41, 5.74) is 0.886. The summed E-state index contributed by atoms with van der Waals surface area (Å²) in [6.45, 7) is 0. The molecule has 0 aliphatic heterocycles. The topological polar surface area (TPSA) is 50.4 Å². The van der Waals surface area contributed by atoms with Crippen LogP contribution in [0.2, 0.25) is 0 Å². The van der Waals surface area contributed by atoms with Crippen molar-refractivity contribution in [3.63, 3.8) is 0 Å². The van der Waals surface area contributed by atoms with Crippen molar-refractivity contribution in [1.82, 2.24) is 0 Å². The van der Waals surface area contributed by atoms with Gasteiger partial charge in [-0.2, -0.15) is 0 Å². The fraction of sp³-hybridized carbons (Fsp3) is 0. The molecule has 3 aromatic rings. The smallest absolute Gasteiger partial charge is 0.154 e. The van der Waals surface area contributed by atoms with Crippen molar-refractivity contribution in [1.29, 1.82) is 0 Å². The zero-order chi connectivity index (χ0) is 13.4. The lowest BCUT2D eigenvalue weighted by atomic mass is 10.1. The van der Waals surface area contributed by atoms with Crippen LogP contribution in [0.15, 0.2) is 46.9 Å². The van der Waals surface area contributed by atoms with Gasteiger partial charge in [-0.25, -0.2) is 4.39 Å². The van der Waals surface area contributed by atoms with Gasteiger partial charge in [0.2, 0.25) is 0 Å². The summed E-state index contributed by atoms with van der Waals surface area (Å²) in [5, 5.41) is 10.1. The van der Waals surface area contributed by atoms with Crippen LogP contribution in [-0.4, -0.2) is 11.4 Å². The Balaban J connectivity index is 2.28. The third-order valence-corrected chi connectivity index (χ3v) is 2.98. The van der Waals surface area contributed by atoms with E-state index in [0.717, 1.165) is 0 Å². The molecule has 1 heterocycles. The molecule has 4 heteroatoms. The number of carbonyl (C=O) groups excluding carboxylic acids is 1. The van der Waals surface area contributed by atoms with Crippen LogP contribution in [0.1, 0.15) is 10.4 Å². The molecular weight excluding hydrogens is 247 g/mol. The van der Waals surface area contributed by atoms with E-state index in [4.69, 9.17) is 4.42 Å². The van der Waals surface area contributed by atoms with Crippen LogP contribution in [0.3, 0.4) is 0 Å². The third-order valence-electron chi connectivity index (χ3n) is 2.98. The summed E-state index contributed by atoms with van der Waals surface area (Å²) in [6, 6.07) is 10.7. The Hall–Kier alpha value is -2.62. The lowest BCUT2D eigenvalue weighted by Crippen LogP contribution is -1.81. The van der Waals surface area contributed by atoms with Gasteiger partial charge in [0, 0.05) is 5.39 Å². The van der Waals surface area contributed by atoms with Crippen molar-refractivity contribution in [2.24, 2.45) is 0 Å². The fourth-order valence-corrected chi connectivity index (χ4v) is 2.04. The first-order chi connectivity index (χ1) is 9.20. The summed E-state index contributed by atoms with van der Waals surface area (Å²) in [4.78, 5) is 11.0. The molecule has 0 atom stereocenters. The van der Waals surface area contributed by atoms with Crippen LogP contribution in [-0.2, 0) is 0 Å². The van der Waals surface area contributed by atoms with E-state index in [1.165, 1.54) is 12.1 Å². The SMILES string of the molecule is O=Cc1c(O)ccc2oc(-c3ccccc3F)cc12. The Morgan fingerprint density at radius 1 is 1.16 bits per heavy atom. The zero-order valence-corrected chi connectivity index (χ0v) is 9.76. The Morgan fingerprint density at radius 2 is 1.95 bits per heavy atom. The number of phenolic OH excluding ortho intramolecular Hbond substituents is 1. The molecule has 3 rings (SSSR count). The Bertz CT molecular complexity index is 774. The second kappa shape index (κ2) is 4.24. The number of fused-ring (bicyclic) bond motifs is 1. The number of aldehydes is 1. The largest absolute Gasteiger partial charge is 0.507 e. The number of benzene rings is 2. The summed E-state index contributed by atoms with van der Waals surface area (Å²) >= 11 is 0. The van der Waals surface area contributed by atoms with Crippen molar-refractivity contribution in [2.75, 3.05) is 0 Å². The lowest BCUT2D eigenvalue weighted by Gasteiger charge is -1.97. The number of carbonyl (C=O) groups is 1. The van der Waals surface area contributed by atoms with Crippen LogP contribution < -0.4 is 0 Å². The number of rotatable bonds is 2. The minimum atomic E-state index is -0.404. The van der Waals surface area contributed by atoms with Gasteiger partial charge in [-0.05, 0) is 30.3 Å². The zero-order valence-electron chi connectivity index (χ0n) is 9.76. The first kappa shape index (κ1) is 11.5. The lowest BCUT2D eigenvalue weighted by molar-refractivity contribution is 0.112. The molecule has 3 nitrogen and oxygen atoms in total. The second-order valence-corrected chi connectivity index (χ2v) is 4.12. The number of hydrogen-bond donors (Lipinski definition) is 1. The van der Waals surface area contributed by atoms with Crippen molar-refractivity contribution >= 4 is 17.3 Å². The molecule has 0 saturated carbocycles. The van der Waals surface area contributed by atoms with Gasteiger partial charge in [-0.15, -0.1) is 0 Å². The van der Waals surface area contributed by atoms with E-state index in [0.29, 0.717) is 28.6 Å². The van der Waals surface area contributed by atoms with Crippen LogP contribution in [0, 0.1) is 5.82 Å². The molecule has 1 N–H and O–H groups in total. The first-order valence-corrected chi connectivity index (χ1v) is 5.66. The van der Waals surface area contributed by atoms with E-state index in [-0.39, 0.29) is 11.3 Å². The van der Waals surface area contributed by atoms with E-state index in [9.17, 15) is 14.3 Å². The molecular formula is C15H9FO3. The van der Waals surface area contributed by atoms with Gasteiger partial charge in [0.25, 0.3) is 0 Å². The van der Waals surface area contributed by atoms with Crippen molar-refractivity contribution in [3.8, 4) is 17.1 Å². The van der Waals surface area contributed by atoms with Crippen LogP contribution in [0.5, 0.6) is 5.75 Å². The molecule has 0 amide bonds. The van der Waals surface area contributed by atoms with Crippen molar-refractivity contribution in [3.05, 3.63) is 53.8 Å². The number of halogens is 1. The van der Waals surface area contributed by atoms with E-state index in [1.54, 1.807) is 30.3 Å². The maximum atomic E-state index is 13.7. The van der Waals surface area contributed by atoms with Crippen LogP contribution >= 0.6 is 0 Å². The number of hydrogen-bond acceptors (Lipinski definition) is 3. The number of aromatic hydroxyl groups is 1. The van der Waals surface area contributed by atoms with Crippen LogP contribution in [0.25, 0.3) is 22.3 Å². The summed E-state index contributed by atoms with van der Waals surface area (Å²) < 4.78 is 19.2. The van der Waals surface area contributed by atoms with E-state index in [2.05, 4.69) is 0 Å². The molecule has 94 valence electrons. The highest BCUT2D eigenvalue weighted by Crippen LogP contribution is 2.33. The summed E-state index contributed by atoms with van der Waals surface area (Å²) in [5.74, 6) is -0.205. The van der Waals surface area contributed by atoms with Gasteiger partial charge in [0.15, 0.2) is 6.29 Å². The van der Waals surface area contributed by atoms with E-state index >= 15 is 0 Å². The molecule has 0 fully saturated rings. The molecule has 2 aromatic carbocycles. The van der Waals surface area contributed by atoms with Gasteiger partial charge in [0.05, 0.1) is 11.1 Å². The standard InChI is InChI=1S/C15H9FO3/c16-12-4-2-1-3-9(12)15-7-10-11(8-17)13(18)5-6-14(10)19-15/h1-8,18H. The highest BCUT2D eigenvalue weighted by Gasteiger charge is 2.14. The molecule has 0 radical (unpaired) electrons. The summed E-state index contributed by atoms with van der Waals surface area (Å²) in [6.07, 6.45) is 0.554. The Labute approximate surface area is 107 Å². The van der Waals surface area contributed by atoms with Gasteiger partial charge in [-0.3, -0.25) is 4.79 Å². The minimum absolute atomic E-state index is 0.122. The predicted octanol–water partition coefficient (Wildman–Crippen LogP) is 3.76. The van der Waals surface area contributed by atoms with E-state index in [1.807, 2.05) is 0 Å². The molecule has 0 aliphatic rings. The fourth-order valence-electron chi connectivity index (χ4n) is 2.04. The van der Waals surface area contributed by atoms with Crippen molar-refractivity contribution < 1.29 is 18.7 Å². The molecule has 0 bridgehead atoms. The quantitative estimate of drug-likeness (QED) is 0.710. The maximum Gasteiger partial charge on any atom is 0.154 e. The molecule has 0 aliphatic carbocycles. The third kappa shape index (κ3) is 1.78. The predicted molar refractivity (Wildman–Crippen MR) is 68.7 cm³/mol. The molecule has 0 saturated heterocycles. The van der Waals surface area contributed by atoms with Gasteiger partial charge >= 0.3 is 0 Å². The van der Waals surface area contributed by atoms with Crippen LogP contribution in [0.4, 0.5) is 4.39 Å². The average molecular weight is 256 g/mol. The first-order valence-electron chi connectivity index (χ1n) is 5.66. The Kier molecular flexibility index (Phi) is 2.56. The van der Waals surface area contributed by atoms with Gasteiger partial charge in [-0.1, -0.05) is 12.1 Å². The van der Waals surface area contributed by atoms with E-state index < -0.39 is 5.82 Å². The maximum absolute atomic E-state index is 13.7. The minimum Gasteiger partial charge on any atom is -0.507 e. The highest BCUT2D eigenvalue weighted by molar-refractivity contribution is 6.00. The monoisotopic (exact) mass is 256 g/mol. The summed E-state index contributed by atoms with van der Waals surface area (Å²) in [7, 11) is 0. The highest BCUT2D eigenvalue weighted by atomic mass is 19.1.